The maximum absolute atomic E-state index is 12.4. The number of carbonyl (C=O) groups excluding carboxylic acids is 1. The third-order valence-corrected chi connectivity index (χ3v) is 6.73. The number of hydrogen-bond donors (Lipinski definition) is 2. The van der Waals surface area contributed by atoms with Gasteiger partial charge in [0.15, 0.2) is 11.9 Å². The number of benzene rings is 3. The van der Waals surface area contributed by atoms with E-state index in [1.807, 2.05) is 12.1 Å². The molecule has 3 aromatic carbocycles. The van der Waals surface area contributed by atoms with Crippen LogP contribution in [0.5, 0.6) is 5.75 Å². The summed E-state index contributed by atoms with van der Waals surface area (Å²) in [6.07, 6.45) is -1.86. The van der Waals surface area contributed by atoms with Crippen molar-refractivity contribution in [1.82, 2.24) is 0 Å². The minimum atomic E-state index is -1.53. The van der Waals surface area contributed by atoms with E-state index >= 15 is 0 Å². The van der Waals surface area contributed by atoms with Crippen LogP contribution in [0.15, 0.2) is 60.7 Å². The fourth-order valence-corrected chi connectivity index (χ4v) is 4.61. The Bertz CT molecular complexity index is 1200. The Kier molecular flexibility index (Phi) is 9.28. The van der Waals surface area contributed by atoms with E-state index in [0.717, 1.165) is 22.4 Å². The number of aliphatic carboxylic acids is 1. The van der Waals surface area contributed by atoms with Gasteiger partial charge in [0, 0.05) is 12.0 Å². The fourth-order valence-electron chi connectivity index (χ4n) is 4.61. The van der Waals surface area contributed by atoms with Gasteiger partial charge in [0.1, 0.15) is 11.9 Å². The van der Waals surface area contributed by atoms with Gasteiger partial charge in [-0.25, -0.2) is 4.79 Å². The number of aliphatic hydroxyl groups is 1. The number of aliphatic hydroxyl groups excluding tert-OH is 1. The molecule has 0 amide bonds. The third-order valence-electron chi connectivity index (χ3n) is 6.73. The molecule has 0 saturated heterocycles. The topological polar surface area (TPSA) is 83.8 Å². The number of carbonyl (C=O) groups is 2. The van der Waals surface area contributed by atoms with Crippen LogP contribution in [0.3, 0.4) is 0 Å². The predicted octanol–water partition coefficient (Wildman–Crippen LogP) is 7.28. The Morgan fingerprint density at radius 3 is 1.86 bits per heavy atom. The normalized spacial score (nSPS) is 13.0. The average Bonchev–Trinajstić information content (AvgIpc) is 2.85. The Labute approximate surface area is 220 Å². The molecular formula is C32H38O5. The summed E-state index contributed by atoms with van der Waals surface area (Å²) < 4.78 is 6.49. The molecule has 0 spiro atoms. The zero-order valence-corrected chi connectivity index (χ0v) is 22.6. The van der Waals surface area contributed by atoms with Crippen molar-refractivity contribution in [2.45, 2.75) is 72.5 Å². The summed E-state index contributed by atoms with van der Waals surface area (Å²) >= 11 is 0. The molecule has 0 aliphatic carbocycles. The van der Waals surface area contributed by atoms with Gasteiger partial charge >= 0.3 is 5.97 Å². The summed E-state index contributed by atoms with van der Waals surface area (Å²) in [5.41, 5.74) is 7.49. The van der Waals surface area contributed by atoms with Gasteiger partial charge in [-0.15, -0.1) is 0 Å². The molecule has 3 rings (SSSR count). The fraction of sp³-hybridized carbons (Fsp3) is 0.375. The van der Waals surface area contributed by atoms with Crippen molar-refractivity contribution < 1.29 is 24.5 Å². The van der Waals surface area contributed by atoms with Crippen LogP contribution in [0.1, 0.15) is 85.2 Å². The van der Waals surface area contributed by atoms with Crippen LogP contribution in [0.2, 0.25) is 0 Å². The molecule has 5 heteroatoms. The van der Waals surface area contributed by atoms with Crippen molar-refractivity contribution in [3.8, 4) is 16.9 Å². The Hall–Kier alpha value is -3.44. The largest absolute Gasteiger partial charge is 0.485 e. The molecule has 1 unspecified atom stereocenters. The Morgan fingerprint density at radius 1 is 0.838 bits per heavy atom. The number of rotatable bonds is 11. The lowest BCUT2D eigenvalue weighted by molar-refractivity contribution is -0.146. The minimum absolute atomic E-state index is 0.0258. The zero-order valence-electron chi connectivity index (χ0n) is 22.6. The van der Waals surface area contributed by atoms with Gasteiger partial charge in [0.05, 0.1) is 0 Å². The van der Waals surface area contributed by atoms with E-state index in [1.165, 1.54) is 16.7 Å². The molecule has 0 aliphatic rings. The van der Waals surface area contributed by atoms with E-state index in [-0.39, 0.29) is 30.6 Å². The van der Waals surface area contributed by atoms with Crippen LogP contribution in [0.25, 0.3) is 11.1 Å². The molecule has 0 radical (unpaired) electrons. The molecule has 0 saturated carbocycles. The van der Waals surface area contributed by atoms with Crippen molar-refractivity contribution in [3.05, 3.63) is 88.5 Å². The second-order valence-corrected chi connectivity index (χ2v) is 10.4. The van der Waals surface area contributed by atoms with Gasteiger partial charge in [-0.2, -0.15) is 0 Å². The van der Waals surface area contributed by atoms with E-state index < -0.39 is 12.1 Å². The smallest absolute Gasteiger partial charge is 0.332 e. The summed E-state index contributed by atoms with van der Waals surface area (Å²) in [6, 6.07) is 20.2. The van der Waals surface area contributed by atoms with Gasteiger partial charge in [-0.05, 0) is 77.6 Å². The highest BCUT2D eigenvalue weighted by Crippen LogP contribution is 2.35. The molecule has 3 aromatic rings. The summed E-state index contributed by atoms with van der Waals surface area (Å²) in [6.45, 7) is 12.8. The van der Waals surface area contributed by atoms with E-state index in [4.69, 9.17) is 9.84 Å². The molecule has 0 aromatic heterocycles. The lowest BCUT2D eigenvalue weighted by Crippen LogP contribution is -2.20. The van der Waals surface area contributed by atoms with Crippen molar-refractivity contribution in [3.63, 3.8) is 0 Å². The van der Waals surface area contributed by atoms with E-state index in [9.17, 15) is 14.7 Å². The molecular weight excluding hydrogens is 464 g/mol. The maximum Gasteiger partial charge on any atom is 0.332 e. The molecule has 0 fully saturated rings. The summed E-state index contributed by atoms with van der Waals surface area (Å²) in [5.74, 6) is -0.0214. The molecule has 2 atom stereocenters. The first-order valence-electron chi connectivity index (χ1n) is 12.9. The number of ether oxygens (including phenoxy) is 1. The first kappa shape index (κ1) is 28.1. The van der Waals surface area contributed by atoms with E-state index in [0.29, 0.717) is 11.5 Å². The first-order chi connectivity index (χ1) is 17.5. The molecule has 196 valence electrons. The van der Waals surface area contributed by atoms with E-state index in [1.54, 1.807) is 12.1 Å². The molecule has 0 aliphatic heterocycles. The molecule has 2 N–H and O–H groups in total. The van der Waals surface area contributed by atoms with Gasteiger partial charge in [0.25, 0.3) is 0 Å². The number of Topliss-reactive ketones (excluding diaryl/α,β-unsaturated/α-hetero) is 1. The maximum atomic E-state index is 12.4. The van der Waals surface area contributed by atoms with Gasteiger partial charge < -0.3 is 14.9 Å². The molecule has 37 heavy (non-hydrogen) atoms. The molecule has 5 nitrogen and oxygen atoms in total. The minimum Gasteiger partial charge on any atom is -0.485 e. The first-order valence-corrected chi connectivity index (χ1v) is 12.9. The summed E-state index contributed by atoms with van der Waals surface area (Å²) in [4.78, 5) is 23.2. The van der Waals surface area contributed by atoms with Crippen molar-refractivity contribution in [2.75, 3.05) is 0 Å². The third kappa shape index (κ3) is 7.07. The van der Waals surface area contributed by atoms with Crippen molar-refractivity contribution >= 4 is 11.8 Å². The standard InChI is InChI=1S/C32H38O5/c1-19(2)23-7-11-25(12-8-23)30-21(5)17-27(18-22(30)6)37-31(20(3)4)26-13-9-24(10-14-26)28(33)15-16-29(34)32(35)36/h7-14,17-20,29,31,34H,15-16H2,1-6H3,(H,35,36)/t29-,31?/m1/s1. The number of carboxylic acid groups (broad SMARTS) is 1. The second-order valence-electron chi connectivity index (χ2n) is 10.4. The second kappa shape index (κ2) is 12.2. The van der Waals surface area contributed by atoms with Gasteiger partial charge in [0.2, 0.25) is 0 Å². The van der Waals surface area contributed by atoms with Gasteiger partial charge in [-0.1, -0.05) is 76.2 Å². The SMILES string of the molecule is Cc1cc(OC(c2ccc(C(=O)CC[C@@H](O)C(=O)O)cc2)C(C)C)cc(C)c1-c1ccc(C(C)C)cc1. The molecule has 0 heterocycles. The van der Waals surface area contributed by atoms with Crippen LogP contribution < -0.4 is 4.74 Å². The highest BCUT2D eigenvalue weighted by molar-refractivity contribution is 5.96. The van der Waals surface area contributed by atoms with E-state index in [2.05, 4.69) is 77.9 Å². The van der Waals surface area contributed by atoms with Crippen LogP contribution in [-0.2, 0) is 4.79 Å². The monoisotopic (exact) mass is 502 g/mol. The zero-order chi connectivity index (χ0) is 27.3. The lowest BCUT2D eigenvalue weighted by Gasteiger charge is -2.24. The average molecular weight is 503 g/mol. The van der Waals surface area contributed by atoms with Gasteiger partial charge in [-0.3, -0.25) is 4.79 Å². The Morgan fingerprint density at radius 2 is 1.38 bits per heavy atom. The summed E-state index contributed by atoms with van der Waals surface area (Å²) in [7, 11) is 0. The predicted molar refractivity (Wildman–Crippen MR) is 147 cm³/mol. The highest BCUT2D eigenvalue weighted by atomic mass is 16.5. The summed E-state index contributed by atoms with van der Waals surface area (Å²) in [5, 5.41) is 18.2. The van der Waals surface area contributed by atoms with Crippen molar-refractivity contribution in [2.24, 2.45) is 5.92 Å². The quantitative estimate of drug-likeness (QED) is 0.269. The number of hydrogen-bond acceptors (Lipinski definition) is 4. The number of carboxylic acids is 1. The van der Waals surface area contributed by atoms with Crippen LogP contribution >= 0.6 is 0 Å². The van der Waals surface area contributed by atoms with Crippen LogP contribution in [0.4, 0.5) is 0 Å². The van der Waals surface area contributed by atoms with Crippen molar-refractivity contribution in [1.29, 1.82) is 0 Å². The highest BCUT2D eigenvalue weighted by Gasteiger charge is 2.21. The van der Waals surface area contributed by atoms with Crippen LogP contribution in [-0.4, -0.2) is 28.1 Å². The number of ketones is 1. The molecule has 0 bridgehead atoms. The Balaban J connectivity index is 1.78. The number of aryl methyl sites for hydroxylation is 2. The lowest BCUT2D eigenvalue weighted by atomic mass is 9.93. The van der Waals surface area contributed by atoms with Crippen LogP contribution in [0, 0.1) is 19.8 Å².